The van der Waals surface area contributed by atoms with Gasteiger partial charge in [0, 0.05) is 0 Å². The summed E-state index contributed by atoms with van der Waals surface area (Å²) in [6.07, 6.45) is 3.63. The number of hydrogen-bond acceptors (Lipinski definition) is 1. The summed E-state index contributed by atoms with van der Waals surface area (Å²) < 4.78 is 10.3. The van der Waals surface area contributed by atoms with E-state index in [9.17, 15) is 3.83 Å². The molecule has 3 heteroatoms. The number of rotatable bonds is 0. The smallest absolute Gasteiger partial charge is 1.00 e. The molecule has 0 radical (unpaired) electrons. The first kappa shape index (κ1) is 8.44. The fourth-order valence-electron chi connectivity index (χ4n) is 0.291. The van der Waals surface area contributed by atoms with E-state index in [1.807, 2.05) is 12.2 Å². The molecule has 0 aliphatic carbocycles. The quantitative estimate of drug-likeness (QED) is 0.391. The number of allylic oxidation sites excluding steroid dienone is 2. The van der Waals surface area contributed by atoms with Crippen LogP contribution in [0.1, 0.15) is 1.43 Å². The van der Waals surface area contributed by atoms with E-state index >= 15 is 0 Å². The molecule has 0 saturated heterocycles. The fourth-order valence-corrected chi connectivity index (χ4v) is 1.51. The molecule has 0 aromatic rings. The molecule has 0 aromatic heterocycles. The Hall–Kier alpha value is 1.44. The topological polar surface area (TPSA) is 17.1 Å². The minimum Gasteiger partial charge on any atom is -1.00 e. The molecular formula is C4H5KOSe. The van der Waals surface area contributed by atoms with E-state index in [1.165, 1.54) is 0 Å². The maximum absolute atomic E-state index is 10.3. The van der Waals surface area contributed by atoms with E-state index in [4.69, 9.17) is 0 Å². The minimum atomic E-state index is -1.55. The molecular weight excluding hydrogens is 182 g/mol. The Balaban J connectivity index is 0. The van der Waals surface area contributed by atoms with Crippen molar-refractivity contribution in [1.82, 2.24) is 0 Å². The van der Waals surface area contributed by atoms with E-state index in [0.717, 1.165) is 0 Å². The molecule has 0 bridgehead atoms. The Bertz CT molecular complexity index is 118. The van der Waals surface area contributed by atoms with Gasteiger partial charge in [-0.3, -0.25) is 0 Å². The second-order valence-corrected chi connectivity index (χ2v) is 3.51. The molecule has 7 heavy (non-hydrogen) atoms. The van der Waals surface area contributed by atoms with Gasteiger partial charge in [0.15, 0.2) is 0 Å². The Kier molecular flexibility index (Phi) is 5.22. The molecule has 0 amide bonds. The van der Waals surface area contributed by atoms with Crippen molar-refractivity contribution in [2.24, 2.45) is 0 Å². The molecule has 1 nitrogen and oxygen atoms in total. The van der Waals surface area contributed by atoms with Crippen LogP contribution < -0.4 is 51.4 Å². The zero-order valence-electron chi connectivity index (χ0n) is 5.13. The van der Waals surface area contributed by atoms with Crippen LogP contribution in [0.4, 0.5) is 0 Å². The first-order valence-corrected chi connectivity index (χ1v) is 4.32. The van der Waals surface area contributed by atoms with E-state index < -0.39 is 13.8 Å². The van der Waals surface area contributed by atoms with Crippen molar-refractivity contribution >= 4 is 13.8 Å². The van der Waals surface area contributed by atoms with Crippen LogP contribution in [0.3, 0.4) is 0 Å². The molecule has 1 heterocycles. The SMILES string of the molecule is O=[Se]1C=CC=C1.[H-].[K+]. The summed E-state index contributed by atoms with van der Waals surface area (Å²) in [5.74, 6) is 0. The Labute approximate surface area is 90.9 Å². The van der Waals surface area contributed by atoms with E-state index in [-0.39, 0.29) is 52.8 Å². The molecule has 0 aromatic carbocycles. The van der Waals surface area contributed by atoms with Crippen LogP contribution >= 0.6 is 0 Å². The molecule has 1 aliphatic heterocycles. The van der Waals surface area contributed by atoms with Crippen LogP contribution in [-0.2, 0) is 3.83 Å². The Morgan fingerprint density at radius 2 is 1.71 bits per heavy atom. The Morgan fingerprint density at radius 1 is 1.29 bits per heavy atom. The molecule has 1 rings (SSSR count). The summed E-state index contributed by atoms with van der Waals surface area (Å²) in [5, 5.41) is 0. The largest absolute Gasteiger partial charge is 1.00 e. The normalized spacial score (nSPS) is 17.1. The van der Waals surface area contributed by atoms with Crippen molar-refractivity contribution in [2.45, 2.75) is 0 Å². The van der Waals surface area contributed by atoms with Crippen molar-refractivity contribution < 1.29 is 56.6 Å². The maximum atomic E-state index is 10.3. The van der Waals surface area contributed by atoms with Crippen LogP contribution in [0.5, 0.6) is 0 Å². The summed E-state index contributed by atoms with van der Waals surface area (Å²) in [5.41, 5.74) is 0. The van der Waals surface area contributed by atoms with Crippen molar-refractivity contribution in [3.8, 4) is 0 Å². The van der Waals surface area contributed by atoms with Crippen molar-refractivity contribution in [2.75, 3.05) is 0 Å². The van der Waals surface area contributed by atoms with Gasteiger partial charge in [-0.2, -0.15) is 0 Å². The third kappa shape index (κ3) is 3.09. The summed E-state index contributed by atoms with van der Waals surface area (Å²) >= 11 is -1.55. The van der Waals surface area contributed by atoms with Gasteiger partial charge in [-0.05, 0) is 0 Å². The van der Waals surface area contributed by atoms with Crippen LogP contribution in [0.25, 0.3) is 0 Å². The monoisotopic (exact) mass is 188 g/mol. The average Bonchev–Trinajstić information content (AvgIpc) is 1.86. The van der Waals surface area contributed by atoms with Crippen molar-refractivity contribution in [3.05, 3.63) is 22.1 Å². The predicted octanol–water partition coefficient (Wildman–Crippen LogP) is -2.27. The molecule has 0 saturated carbocycles. The molecule has 0 spiro atoms. The molecule has 0 atom stereocenters. The minimum absolute atomic E-state index is 0. The standard InChI is InChI=1S/C4H4OSe.K.H/c5-6-3-1-2-4-6;;/h1-4H;;/q;+1;-1. The van der Waals surface area contributed by atoms with Crippen LogP contribution in [0.2, 0.25) is 0 Å². The van der Waals surface area contributed by atoms with E-state index in [2.05, 4.69) is 0 Å². The first-order valence-electron chi connectivity index (χ1n) is 1.64. The maximum Gasteiger partial charge on any atom is 1.00 e. The van der Waals surface area contributed by atoms with Gasteiger partial charge >= 0.3 is 91.2 Å². The van der Waals surface area contributed by atoms with E-state index in [1.54, 1.807) is 9.95 Å². The fraction of sp³-hybridized carbons (Fsp3) is 0. The second kappa shape index (κ2) is 4.33. The van der Waals surface area contributed by atoms with Gasteiger partial charge in [-0.25, -0.2) is 0 Å². The summed E-state index contributed by atoms with van der Waals surface area (Å²) in [7, 11) is 0. The Morgan fingerprint density at radius 3 is 1.86 bits per heavy atom. The predicted molar refractivity (Wildman–Crippen MR) is 25.8 cm³/mol. The number of hydrogen-bond donors (Lipinski definition) is 0. The second-order valence-electron chi connectivity index (χ2n) is 0.986. The molecule has 34 valence electrons. The van der Waals surface area contributed by atoms with Crippen molar-refractivity contribution in [1.29, 1.82) is 0 Å². The summed E-state index contributed by atoms with van der Waals surface area (Å²) in [6.45, 7) is 0. The van der Waals surface area contributed by atoms with Gasteiger partial charge in [0.2, 0.25) is 0 Å². The van der Waals surface area contributed by atoms with Crippen LogP contribution in [0.15, 0.2) is 22.1 Å². The third-order valence-corrected chi connectivity index (χ3v) is 2.32. The zero-order valence-corrected chi connectivity index (χ0v) is 8.96. The van der Waals surface area contributed by atoms with Gasteiger partial charge in [0.05, 0.1) is 0 Å². The third-order valence-electron chi connectivity index (χ3n) is 0.536. The summed E-state index contributed by atoms with van der Waals surface area (Å²) in [6, 6.07) is 0. The molecule has 0 fully saturated rings. The van der Waals surface area contributed by atoms with Gasteiger partial charge in [-0.15, -0.1) is 0 Å². The van der Waals surface area contributed by atoms with Crippen LogP contribution in [0, 0.1) is 0 Å². The van der Waals surface area contributed by atoms with Crippen molar-refractivity contribution in [3.63, 3.8) is 0 Å². The van der Waals surface area contributed by atoms with Crippen LogP contribution in [-0.4, -0.2) is 13.8 Å². The first-order chi connectivity index (χ1) is 2.89. The zero-order chi connectivity index (χ0) is 4.41. The molecule has 0 N–H and O–H groups in total. The van der Waals surface area contributed by atoms with Gasteiger partial charge in [0.1, 0.15) is 0 Å². The molecule has 1 aliphatic rings. The average molecular weight is 187 g/mol. The van der Waals surface area contributed by atoms with Gasteiger partial charge in [-0.1, -0.05) is 0 Å². The van der Waals surface area contributed by atoms with Gasteiger partial charge in [0.25, 0.3) is 0 Å². The molecule has 0 unspecified atom stereocenters. The van der Waals surface area contributed by atoms with E-state index in [0.29, 0.717) is 0 Å². The van der Waals surface area contributed by atoms with Gasteiger partial charge < -0.3 is 1.43 Å². The summed E-state index contributed by atoms with van der Waals surface area (Å²) in [4.78, 5) is 3.47.